The summed E-state index contributed by atoms with van der Waals surface area (Å²) < 4.78 is 5.65. The summed E-state index contributed by atoms with van der Waals surface area (Å²) in [6.45, 7) is 5.02. The quantitative estimate of drug-likeness (QED) is 0.276. The second-order valence-corrected chi connectivity index (χ2v) is 9.63. The Hall–Kier alpha value is -1.12. The smallest absolute Gasteiger partial charge is 0.286 e. The van der Waals surface area contributed by atoms with E-state index in [1.54, 1.807) is 4.90 Å². The third-order valence-electron chi connectivity index (χ3n) is 5.36. The number of thioether (sulfide) groups is 1. The van der Waals surface area contributed by atoms with Gasteiger partial charge in [0.25, 0.3) is 11.1 Å². The van der Waals surface area contributed by atoms with E-state index in [4.69, 9.17) is 4.42 Å². The van der Waals surface area contributed by atoms with Crippen molar-refractivity contribution in [2.75, 3.05) is 26.4 Å². The van der Waals surface area contributed by atoms with Crippen LogP contribution in [0.2, 0.25) is 0 Å². The van der Waals surface area contributed by atoms with Crippen LogP contribution in [-0.2, 0) is 4.79 Å². The van der Waals surface area contributed by atoms with E-state index < -0.39 is 6.04 Å². The van der Waals surface area contributed by atoms with Crippen LogP contribution in [0.5, 0.6) is 0 Å². The van der Waals surface area contributed by atoms with Crippen LogP contribution in [0.15, 0.2) is 9.64 Å². The van der Waals surface area contributed by atoms with E-state index in [2.05, 4.69) is 28.9 Å². The van der Waals surface area contributed by atoms with Crippen molar-refractivity contribution in [1.82, 2.24) is 20.0 Å². The largest absolute Gasteiger partial charge is 0.408 e. The van der Waals surface area contributed by atoms with Crippen LogP contribution < -0.4 is 0 Å². The van der Waals surface area contributed by atoms with Gasteiger partial charge in [0.05, 0.1) is 0 Å². The lowest BCUT2D eigenvalue weighted by molar-refractivity contribution is -0.122. The summed E-state index contributed by atoms with van der Waals surface area (Å²) in [5, 5.41) is 8.42. The second kappa shape index (κ2) is 14.0. The molecule has 0 spiro atoms. The minimum atomic E-state index is -0.544. The van der Waals surface area contributed by atoms with Crippen molar-refractivity contribution in [2.24, 2.45) is 5.92 Å². The number of halogens is 1. The van der Waals surface area contributed by atoms with Gasteiger partial charge in [-0.15, -0.1) is 22.6 Å². The predicted molar refractivity (Wildman–Crippen MR) is 122 cm³/mol. The summed E-state index contributed by atoms with van der Waals surface area (Å²) in [6.07, 6.45) is 9.23. The van der Waals surface area contributed by atoms with E-state index in [1.807, 2.05) is 14.1 Å². The molecule has 172 valence electrons. The zero-order chi connectivity index (χ0) is 21.2. The van der Waals surface area contributed by atoms with Crippen LogP contribution >= 0.6 is 24.2 Å². The molecule has 7 nitrogen and oxygen atoms in total. The molecule has 1 unspecified atom stereocenters. The third kappa shape index (κ3) is 8.55. The van der Waals surface area contributed by atoms with Crippen LogP contribution in [0, 0.1) is 5.92 Å². The number of carbonyl (C=O) groups is 2. The molecule has 2 rings (SSSR count). The first kappa shape index (κ1) is 26.9. The summed E-state index contributed by atoms with van der Waals surface area (Å²) in [5.74, 6) is 0.859. The Morgan fingerprint density at radius 2 is 1.80 bits per heavy atom. The Labute approximate surface area is 191 Å². The monoisotopic (exact) mass is 460 g/mol. The van der Waals surface area contributed by atoms with Crippen molar-refractivity contribution in [3.05, 3.63) is 5.89 Å². The molecule has 30 heavy (non-hydrogen) atoms. The van der Waals surface area contributed by atoms with Crippen molar-refractivity contribution in [1.29, 1.82) is 0 Å². The standard InChI is InChI=1S/C21H36N4O3S.ClH/c1-16(2)14-18(25(15-26)17-10-8-6-5-7-9-11-17)19(27)20-22-23-21(28-20)29-13-12-24(3)4;/h15-18H,5-14H2,1-4H3;1H. The molecule has 1 aliphatic carbocycles. The fourth-order valence-electron chi connectivity index (χ4n) is 3.78. The lowest BCUT2D eigenvalue weighted by Gasteiger charge is -2.35. The number of rotatable bonds is 11. The number of Topliss-reactive ketones (excluding diaryl/α,β-unsaturated/α-hetero) is 1. The van der Waals surface area contributed by atoms with Crippen molar-refractivity contribution < 1.29 is 14.0 Å². The van der Waals surface area contributed by atoms with Gasteiger partial charge >= 0.3 is 0 Å². The fourth-order valence-corrected chi connectivity index (χ4v) is 4.65. The summed E-state index contributed by atoms with van der Waals surface area (Å²) in [4.78, 5) is 29.1. The molecule has 0 bridgehead atoms. The van der Waals surface area contributed by atoms with Crippen LogP contribution in [0.25, 0.3) is 0 Å². The SMILES string of the molecule is CC(C)CC(C(=O)c1nnc(SCCN(C)C)o1)N(C=O)C1CCCCCCC1.Cl. The van der Waals surface area contributed by atoms with Gasteiger partial charge in [0, 0.05) is 18.3 Å². The zero-order valence-electron chi connectivity index (χ0n) is 18.7. The molecule has 1 fully saturated rings. The normalized spacial score (nSPS) is 16.6. The lowest BCUT2D eigenvalue weighted by atomic mass is 9.92. The molecular weight excluding hydrogens is 424 g/mol. The van der Waals surface area contributed by atoms with E-state index in [1.165, 1.54) is 31.0 Å². The summed E-state index contributed by atoms with van der Waals surface area (Å²) >= 11 is 1.44. The van der Waals surface area contributed by atoms with E-state index in [-0.39, 0.29) is 36.0 Å². The molecule has 1 heterocycles. The topological polar surface area (TPSA) is 79.5 Å². The Bertz CT molecular complexity index is 634. The second-order valence-electron chi connectivity index (χ2n) is 8.59. The molecule has 0 radical (unpaired) electrons. The first-order chi connectivity index (χ1) is 13.9. The van der Waals surface area contributed by atoms with Gasteiger partial charge in [-0.3, -0.25) is 9.59 Å². The highest BCUT2D eigenvalue weighted by Crippen LogP contribution is 2.26. The van der Waals surface area contributed by atoms with Gasteiger partial charge in [-0.1, -0.05) is 57.7 Å². The maximum atomic E-state index is 13.3. The maximum absolute atomic E-state index is 13.3. The molecule has 1 amide bonds. The molecule has 0 aliphatic heterocycles. The van der Waals surface area contributed by atoms with Crippen LogP contribution in [0.3, 0.4) is 0 Å². The van der Waals surface area contributed by atoms with E-state index >= 15 is 0 Å². The Balaban J connectivity index is 0.00000450. The minimum Gasteiger partial charge on any atom is -0.408 e. The fraction of sp³-hybridized carbons (Fsp3) is 0.810. The number of ketones is 1. The van der Waals surface area contributed by atoms with E-state index in [0.29, 0.717) is 11.6 Å². The number of amides is 1. The number of hydrogen-bond donors (Lipinski definition) is 0. The summed E-state index contributed by atoms with van der Waals surface area (Å²) in [7, 11) is 4.01. The van der Waals surface area contributed by atoms with E-state index in [0.717, 1.165) is 44.4 Å². The van der Waals surface area contributed by atoms with Crippen molar-refractivity contribution >= 4 is 36.4 Å². The van der Waals surface area contributed by atoms with Crippen LogP contribution in [0.1, 0.15) is 75.9 Å². The summed E-state index contributed by atoms with van der Waals surface area (Å²) in [6, 6.07) is -0.436. The van der Waals surface area contributed by atoms with E-state index in [9.17, 15) is 9.59 Å². The Kier molecular flexibility index (Phi) is 12.6. The lowest BCUT2D eigenvalue weighted by Crippen LogP contribution is -2.47. The molecule has 0 aromatic carbocycles. The molecule has 0 N–H and O–H groups in total. The number of nitrogens with zero attached hydrogens (tertiary/aromatic N) is 4. The average Bonchev–Trinajstić information content (AvgIpc) is 3.10. The zero-order valence-corrected chi connectivity index (χ0v) is 20.3. The van der Waals surface area contributed by atoms with Crippen molar-refractivity contribution in [3.63, 3.8) is 0 Å². The molecule has 9 heteroatoms. The molecule has 1 aliphatic rings. The van der Waals surface area contributed by atoms with Gasteiger partial charge in [-0.05, 0) is 39.3 Å². The van der Waals surface area contributed by atoms with Crippen LogP contribution in [-0.4, -0.2) is 70.7 Å². The Morgan fingerprint density at radius 3 is 2.37 bits per heavy atom. The highest BCUT2D eigenvalue weighted by Gasteiger charge is 2.34. The maximum Gasteiger partial charge on any atom is 0.286 e. The minimum absolute atomic E-state index is 0. The van der Waals surface area contributed by atoms with Gasteiger partial charge in [-0.2, -0.15) is 0 Å². The number of carbonyl (C=O) groups excluding carboxylic acids is 2. The molecule has 1 aromatic rings. The van der Waals surface area contributed by atoms with Crippen LogP contribution in [0.4, 0.5) is 0 Å². The van der Waals surface area contributed by atoms with Gasteiger partial charge in [0.1, 0.15) is 6.04 Å². The molecule has 1 saturated carbocycles. The van der Waals surface area contributed by atoms with Gasteiger partial charge in [-0.25, -0.2) is 0 Å². The van der Waals surface area contributed by atoms with Gasteiger partial charge in [0.2, 0.25) is 12.2 Å². The molecule has 1 atom stereocenters. The predicted octanol–water partition coefficient (Wildman–Crippen LogP) is 4.31. The first-order valence-electron chi connectivity index (χ1n) is 10.8. The first-order valence-corrected chi connectivity index (χ1v) is 11.8. The highest BCUT2D eigenvalue weighted by atomic mass is 35.5. The van der Waals surface area contributed by atoms with Gasteiger partial charge in [0.15, 0.2) is 0 Å². The molecular formula is C21H37ClN4O3S. The van der Waals surface area contributed by atoms with Crippen molar-refractivity contribution in [3.8, 4) is 0 Å². The average molecular weight is 461 g/mol. The number of aromatic nitrogens is 2. The molecule has 1 aromatic heterocycles. The molecule has 0 saturated heterocycles. The van der Waals surface area contributed by atoms with Crippen molar-refractivity contribution in [2.45, 2.75) is 82.5 Å². The highest BCUT2D eigenvalue weighted by molar-refractivity contribution is 7.99. The summed E-state index contributed by atoms with van der Waals surface area (Å²) in [5.41, 5.74) is 0. The number of hydrogen-bond acceptors (Lipinski definition) is 7. The van der Waals surface area contributed by atoms with Gasteiger partial charge < -0.3 is 14.2 Å². The third-order valence-corrected chi connectivity index (χ3v) is 6.16. The Morgan fingerprint density at radius 1 is 1.17 bits per heavy atom.